The summed E-state index contributed by atoms with van der Waals surface area (Å²) in [4.78, 5) is 20.7. The number of amides is 1. The second-order valence-corrected chi connectivity index (χ2v) is 7.61. The van der Waals surface area contributed by atoms with Crippen LogP contribution in [-0.2, 0) is 4.79 Å². The topological polar surface area (TPSA) is 79.7 Å². The van der Waals surface area contributed by atoms with Gasteiger partial charge in [0.2, 0.25) is 5.91 Å². The number of nitrogens with one attached hydrogen (secondary N) is 1. The smallest absolute Gasteiger partial charge is 0.244 e. The normalized spacial score (nSPS) is 16.6. The zero-order chi connectivity index (χ0) is 22.7. The summed E-state index contributed by atoms with van der Waals surface area (Å²) in [6.07, 6.45) is 1.56. The number of ether oxygens (including phenoxy) is 1. The maximum Gasteiger partial charge on any atom is 0.244 e. The third kappa shape index (κ3) is 4.59. The summed E-state index contributed by atoms with van der Waals surface area (Å²) in [5.41, 5.74) is 2.42. The lowest BCUT2D eigenvalue weighted by Crippen LogP contribution is -2.51. The quantitative estimate of drug-likeness (QED) is 0.617. The first-order valence-electron chi connectivity index (χ1n) is 10.4. The summed E-state index contributed by atoms with van der Waals surface area (Å²) >= 11 is 0. The molecule has 3 aromatic rings. The van der Waals surface area contributed by atoms with Gasteiger partial charge in [0.15, 0.2) is 5.82 Å². The fourth-order valence-corrected chi connectivity index (χ4v) is 3.37. The summed E-state index contributed by atoms with van der Waals surface area (Å²) in [7, 11) is 0. The fourth-order valence-electron chi connectivity index (χ4n) is 3.37. The van der Waals surface area contributed by atoms with Crippen LogP contribution in [0.25, 0.3) is 11.4 Å². The van der Waals surface area contributed by atoms with Crippen molar-refractivity contribution in [1.29, 1.82) is 0 Å². The minimum absolute atomic E-state index is 0.0690. The first-order chi connectivity index (χ1) is 15.4. The van der Waals surface area contributed by atoms with Gasteiger partial charge in [-0.2, -0.15) is 5.10 Å². The van der Waals surface area contributed by atoms with Crippen molar-refractivity contribution in [2.75, 3.05) is 13.1 Å². The van der Waals surface area contributed by atoms with Crippen molar-refractivity contribution < 1.29 is 13.9 Å². The molecule has 0 aliphatic carbocycles. The number of piperazine rings is 1. The second kappa shape index (κ2) is 9.13. The zero-order valence-electron chi connectivity index (χ0n) is 18.2. The van der Waals surface area contributed by atoms with Gasteiger partial charge in [0.1, 0.15) is 23.4 Å². The Morgan fingerprint density at radius 2 is 2.00 bits per heavy atom. The van der Waals surface area contributed by atoms with Gasteiger partial charge in [-0.3, -0.25) is 9.80 Å². The molecule has 4 rings (SSSR count). The molecule has 1 amide bonds. The molecule has 0 spiro atoms. The van der Waals surface area contributed by atoms with E-state index in [1.54, 1.807) is 43.3 Å². The molecule has 7 nitrogen and oxygen atoms in total. The summed E-state index contributed by atoms with van der Waals surface area (Å²) in [6, 6.07) is 13.5. The molecule has 1 fully saturated rings. The molecular formula is C24H24FN5O2. The van der Waals surface area contributed by atoms with Crippen LogP contribution >= 0.6 is 0 Å². The van der Waals surface area contributed by atoms with Gasteiger partial charge in [-0.25, -0.2) is 14.4 Å². The Morgan fingerprint density at radius 3 is 2.78 bits per heavy atom. The molecule has 2 heterocycles. The van der Waals surface area contributed by atoms with Crippen molar-refractivity contribution in [1.82, 2.24) is 20.3 Å². The molecule has 1 aromatic heterocycles. The minimum atomic E-state index is -0.484. The van der Waals surface area contributed by atoms with Crippen molar-refractivity contribution in [3.63, 3.8) is 0 Å². The van der Waals surface area contributed by atoms with Crippen LogP contribution < -0.4 is 10.1 Å². The number of aromatic nitrogens is 2. The number of hydrogen-bond donors (Lipinski definition) is 1. The van der Waals surface area contributed by atoms with Gasteiger partial charge in [0, 0.05) is 12.7 Å². The molecule has 0 radical (unpaired) electrons. The van der Waals surface area contributed by atoms with Crippen LogP contribution in [-0.4, -0.2) is 45.7 Å². The highest BCUT2D eigenvalue weighted by atomic mass is 19.1. The molecule has 164 valence electrons. The van der Waals surface area contributed by atoms with Crippen molar-refractivity contribution in [3.05, 3.63) is 71.8 Å². The molecule has 0 bridgehead atoms. The molecule has 1 aliphatic heterocycles. The fraction of sp³-hybridized carbons (Fsp3) is 0.250. The van der Waals surface area contributed by atoms with E-state index in [-0.39, 0.29) is 23.3 Å². The molecule has 0 saturated carbocycles. The van der Waals surface area contributed by atoms with Gasteiger partial charge in [0.25, 0.3) is 0 Å². The lowest BCUT2D eigenvalue weighted by Gasteiger charge is -2.30. The lowest BCUT2D eigenvalue weighted by molar-refractivity contribution is -0.128. The van der Waals surface area contributed by atoms with E-state index in [4.69, 9.17) is 4.74 Å². The molecule has 1 atom stereocenters. The number of hydrogen-bond acceptors (Lipinski definition) is 6. The summed E-state index contributed by atoms with van der Waals surface area (Å²) in [5, 5.41) is 9.10. The van der Waals surface area contributed by atoms with Crippen molar-refractivity contribution in [2.45, 2.75) is 26.8 Å². The number of nitrogens with zero attached hydrogens (tertiary/aromatic N) is 4. The Morgan fingerprint density at radius 1 is 1.22 bits per heavy atom. The van der Waals surface area contributed by atoms with Crippen LogP contribution in [0.4, 0.5) is 4.39 Å². The van der Waals surface area contributed by atoms with Crippen LogP contribution in [0.3, 0.4) is 0 Å². The number of aryl methyl sites for hydroxylation is 1. The molecular weight excluding hydrogens is 409 g/mol. The molecule has 1 aliphatic rings. The maximum absolute atomic E-state index is 14.9. The highest BCUT2D eigenvalue weighted by Gasteiger charge is 2.24. The first kappa shape index (κ1) is 21.4. The molecule has 2 aromatic carbocycles. The Bertz CT molecular complexity index is 1160. The number of halogens is 1. The van der Waals surface area contributed by atoms with E-state index in [9.17, 15) is 9.18 Å². The van der Waals surface area contributed by atoms with Gasteiger partial charge in [-0.05, 0) is 51.1 Å². The monoisotopic (exact) mass is 433 g/mol. The number of benzene rings is 2. The van der Waals surface area contributed by atoms with E-state index >= 15 is 0 Å². The van der Waals surface area contributed by atoms with Crippen molar-refractivity contribution >= 4 is 11.6 Å². The van der Waals surface area contributed by atoms with Gasteiger partial charge in [-0.1, -0.05) is 23.8 Å². The third-order valence-corrected chi connectivity index (χ3v) is 5.22. The Hall–Kier alpha value is -3.81. The van der Waals surface area contributed by atoms with E-state index in [1.807, 2.05) is 31.2 Å². The van der Waals surface area contributed by atoms with Crippen LogP contribution in [0, 0.1) is 12.7 Å². The molecule has 32 heavy (non-hydrogen) atoms. The van der Waals surface area contributed by atoms with Crippen LogP contribution in [0.1, 0.15) is 25.1 Å². The second-order valence-electron chi connectivity index (χ2n) is 7.61. The highest BCUT2D eigenvalue weighted by Crippen LogP contribution is 2.33. The average Bonchev–Trinajstić information content (AvgIpc) is 2.78. The molecule has 8 heteroatoms. The van der Waals surface area contributed by atoms with Crippen molar-refractivity contribution in [2.24, 2.45) is 5.10 Å². The summed E-state index contributed by atoms with van der Waals surface area (Å²) in [6.45, 7) is 6.72. The van der Waals surface area contributed by atoms with Gasteiger partial charge in [0.05, 0.1) is 23.5 Å². The predicted octanol–water partition coefficient (Wildman–Crippen LogP) is 3.93. The van der Waals surface area contributed by atoms with Gasteiger partial charge in [-0.15, -0.1) is 0 Å². The Kier molecular flexibility index (Phi) is 6.11. The van der Waals surface area contributed by atoms with E-state index in [0.29, 0.717) is 36.0 Å². The molecule has 1 saturated heterocycles. The van der Waals surface area contributed by atoms with Crippen LogP contribution in [0.2, 0.25) is 0 Å². The highest BCUT2D eigenvalue weighted by molar-refractivity contribution is 5.97. The molecule has 1 N–H and O–H groups in total. The Labute approximate surface area is 186 Å². The van der Waals surface area contributed by atoms with E-state index < -0.39 is 5.82 Å². The number of carbonyl (C=O) groups is 1. The lowest BCUT2D eigenvalue weighted by atomic mass is 10.1. The van der Waals surface area contributed by atoms with Crippen LogP contribution in [0.15, 0.2) is 59.8 Å². The zero-order valence-corrected chi connectivity index (χ0v) is 18.2. The number of hydrazone groups is 1. The SMILES string of the molecule is C/C(=N\N1CCNC(=O)C1C)c1ccnc(-c2c(F)cccc2Oc2ccc(C)cc2)n1. The average molecular weight is 433 g/mol. The summed E-state index contributed by atoms with van der Waals surface area (Å²) in [5.74, 6) is 0.556. The maximum atomic E-state index is 14.9. The summed E-state index contributed by atoms with van der Waals surface area (Å²) < 4.78 is 20.8. The minimum Gasteiger partial charge on any atom is -0.456 e. The van der Waals surface area contributed by atoms with Gasteiger partial charge >= 0.3 is 0 Å². The van der Waals surface area contributed by atoms with Crippen LogP contribution in [0.5, 0.6) is 11.5 Å². The van der Waals surface area contributed by atoms with E-state index in [1.165, 1.54) is 6.07 Å². The van der Waals surface area contributed by atoms with Crippen molar-refractivity contribution in [3.8, 4) is 22.9 Å². The van der Waals surface area contributed by atoms with Gasteiger partial charge < -0.3 is 10.1 Å². The Balaban J connectivity index is 1.67. The largest absolute Gasteiger partial charge is 0.456 e. The first-order valence-corrected chi connectivity index (χ1v) is 10.4. The number of carbonyl (C=O) groups excluding carboxylic acids is 1. The third-order valence-electron chi connectivity index (χ3n) is 5.22. The molecule has 1 unspecified atom stereocenters. The predicted molar refractivity (Wildman–Crippen MR) is 120 cm³/mol. The van der Waals surface area contributed by atoms with E-state index in [0.717, 1.165) is 5.56 Å². The van der Waals surface area contributed by atoms with E-state index in [2.05, 4.69) is 20.4 Å². The standard InChI is InChI=1S/C24H24FN5O2/c1-15-7-9-18(10-8-15)32-21-6-4-5-19(25)22(21)23-26-12-11-20(28-23)16(2)29-30-14-13-27-24(31)17(30)3/h4-12,17H,13-14H2,1-3H3,(H,27,31)/b29-16+. The number of rotatable bonds is 5.